The molecule has 2 aliphatic rings. The van der Waals surface area contributed by atoms with E-state index in [0.717, 1.165) is 11.1 Å². The summed E-state index contributed by atoms with van der Waals surface area (Å²) >= 11 is 1.30. The Balaban J connectivity index is 1.85. The molecule has 1 aromatic carbocycles. The molecule has 7 heteroatoms. The van der Waals surface area contributed by atoms with Gasteiger partial charge in [0.2, 0.25) is 5.72 Å². The van der Waals surface area contributed by atoms with E-state index in [1.54, 1.807) is 29.2 Å². The first-order valence-electron chi connectivity index (χ1n) is 8.61. The SMILES string of the molecule is CC(=O)[C@@H]1[C@@H]2c3ccccc3O[C@]1(C)N=c1s/c(=C/c3ccoc3)c(=O)n12. The van der Waals surface area contributed by atoms with E-state index in [2.05, 4.69) is 0 Å². The predicted molar refractivity (Wildman–Crippen MR) is 99.4 cm³/mol. The van der Waals surface area contributed by atoms with E-state index in [0.29, 0.717) is 15.1 Å². The summed E-state index contributed by atoms with van der Waals surface area (Å²) in [6.07, 6.45) is 4.92. The van der Waals surface area contributed by atoms with Gasteiger partial charge < -0.3 is 9.15 Å². The van der Waals surface area contributed by atoms with Crippen molar-refractivity contribution in [2.75, 3.05) is 0 Å². The van der Waals surface area contributed by atoms with E-state index in [9.17, 15) is 9.59 Å². The molecule has 0 aliphatic carbocycles. The van der Waals surface area contributed by atoms with Crippen LogP contribution in [0.5, 0.6) is 5.75 Å². The molecule has 136 valence electrons. The number of rotatable bonds is 2. The van der Waals surface area contributed by atoms with Crippen LogP contribution in [0.25, 0.3) is 6.08 Å². The molecule has 0 spiro atoms. The first kappa shape index (κ1) is 16.3. The number of thiazole rings is 1. The van der Waals surface area contributed by atoms with Crippen molar-refractivity contribution < 1.29 is 13.9 Å². The summed E-state index contributed by atoms with van der Waals surface area (Å²) in [4.78, 5) is 31.0. The third-order valence-electron chi connectivity index (χ3n) is 5.16. The molecule has 6 nitrogen and oxygen atoms in total. The summed E-state index contributed by atoms with van der Waals surface area (Å²) in [5.41, 5.74) is 0.450. The average Bonchev–Trinajstić information content (AvgIpc) is 3.22. The maximum Gasteiger partial charge on any atom is 0.270 e. The fourth-order valence-corrected chi connectivity index (χ4v) is 5.16. The molecule has 0 fully saturated rings. The minimum Gasteiger partial charge on any atom is -0.472 e. The van der Waals surface area contributed by atoms with Crippen molar-refractivity contribution >= 4 is 23.2 Å². The second kappa shape index (κ2) is 5.53. The number of furan rings is 1. The number of hydrogen-bond acceptors (Lipinski definition) is 6. The molecular formula is C20H16N2O4S. The number of fused-ring (bicyclic) bond motifs is 6. The molecule has 0 saturated heterocycles. The number of aromatic nitrogens is 1. The van der Waals surface area contributed by atoms with E-state index < -0.39 is 17.7 Å². The van der Waals surface area contributed by atoms with Gasteiger partial charge >= 0.3 is 0 Å². The van der Waals surface area contributed by atoms with Gasteiger partial charge in [-0.15, -0.1) is 0 Å². The van der Waals surface area contributed by atoms with E-state index >= 15 is 0 Å². The lowest BCUT2D eigenvalue weighted by atomic mass is 9.79. The third-order valence-corrected chi connectivity index (χ3v) is 6.14. The number of benzene rings is 1. The molecule has 3 atom stereocenters. The smallest absolute Gasteiger partial charge is 0.270 e. The average molecular weight is 380 g/mol. The first-order valence-corrected chi connectivity index (χ1v) is 9.43. The van der Waals surface area contributed by atoms with Crippen molar-refractivity contribution in [3.05, 3.63) is 73.7 Å². The first-order chi connectivity index (χ1) is 13.0. The molecule has 4 heterocycles. The topological polar surface area (TPSA) is 73.8 Å². The van der Waals surface area contributed by atoms with Gasteiger partial charge in [0, 0.05) is 11.1 Å². The van der Waals surface area contributed by atoms with Crippen molar-refractivity contribution in [2.24, 2.45) is 10.9 Å². The van der Waals surface area contributed by atoms with Crippen molar-refractivity contribution in [1.29, 1.82) is 0 Å². The molecule has 0 amide bonds. The molecular weight excluding hydrogens is 364 g/mol. The molecule has 0 radical (unpaired) electrons. The Labute approximate surface area is 158 Å². The Morgan fingerprint density at radius 3 is 2.89 bits per heavy atom. The Morgan fingerprint density at radius 1 is 1.33 bits per heavy atom. The standard InChI is InChI=1S/C20H16N2O4S/c1-11(23)16-17-13-5-3-4-6-14(13)26-20(16,2)21-19-22(17)18(24)15(27-19)9-12-7-8-25-10-12/h3-10,16-17H,1-2H3/b15-9+/t16-,17+,20+/m1/s1. The van der Waals surface area contributed by atoms with Gasteiger partial charge in [-0.2, -0.15) is 0 Å². The highest BCUT2D eigenvalue weighted by Crippen LogP contribution is 2.47. The second-order valence-corrected chi connectivity index (χ2v) is 7.97. The molecule has 3 aromatic rings. The number of Topliss-reactive ketones (excluding diaryl/α,β-unsaturated/α-hetero) is 1. The van der Waals surface area contributed by atoms with E-state index in [1.807, 2.05) is 31.2 Å². The lowest BCUT2D eigenvalue weighted by Gasteiger charge is -2.45. The Morgan fingerprint density at radius 2 is 2.15 bits per heavy atom. The fraction of sp³-hybridized carbons (Fsp3) is 0.250. The maximum atomic E-state index is 13.2. The number of para-hydroxylation sites is 1. The van der Waals surface area contributed by atoms with Crippen LogP contribution in [0.3, 0.4) is 0 Å². The van der Waals surface area contributed by atoms with Crippen LogP contribution < -0.4 is 19.6 Å². The molecule has 0 N–H and O–H groups in total. The largest absolute Gasteiger partial charge is 0.472 e. The quantitative estimate of drug-likeness (QED) is 0.680. The fourth-order valence-electron chi connectivity index (χ4n) is 4.06. The molecule has 5 rings (SSSR count). The number of nitrogens with zero attached hydrogens (tertiary/aromatic N) is 2. The normalized spacial score (nSPS) is 25.9. The van der Waals surface area contributed by atoms with Crippen molar-refractivity contribution in [3.8, 4) is 5.75 Å². The van der Waals surface area contributed by atoms with E-state index in [4.69, 9.17) is 14.1 Å². The molecule has 2 aliphatic heterocycles. The van der Waals surface area contributed by atoms with Gasteiger partial charge in [-0.1, -0.05) is 29.5 Å². The third kappa shape index (κ3) is 2.28. The van der Waals surface area contributed by atoms with Crippen LogP contribution in [0, 0.1) is 5.92 Å². The number of ether oxygens (including phenoxy) is 1. The summed E-state index contributed by atoms with van der Waals surface area (Å²) in [6, 6.07) is 8.89. The summed E-state index contributed by atoms with van der Waals surface area (Å²) in [5, 5.41) is 0. The van der Waals surface area contributed by atoms with Crippen molar-refractivity contribution in [1.82, 2.24) is 4.57 Å². The lowest BCUT2D eigenvalue weighted by Crippen LogP contribution is -2.58. The molecule has 2 aromatic heterocycles. The van der Waals surface area contributed by atoms with Gasteiger partial charge in [0.25, 0.3) is 5.56 Å². The number of ketones is 1. The summed E-state index contributed by atoms with van der Waals surface area (Å²) in [6.45, 7) is 3.35. The highest BCUT2D eigenvalue weighted by atomic mass is 32.1. The zero-order valence-electron chi connectivity index (χ0n) is 14.7. The van der Waals surface area contributed by atoms with Crippen LogP contribution in [0.15, 0.2) is 57.1 Å². The van der Waals surface area contributed by atoms with Gasteiger partial charge in [0.1, 0.15) is 17.5 Å². The Bertz CT molecular complexity index is 1240. The zero-order valence-corrected chi connectivity index (χ0v) is 15.5. The molecule has 27 heavy (non-hydrogen) atoms. The predicted octanol–water partition coefficient (Wildman–Crippen LogP) is 1.87. The van der Waals surface area contributed by atoms with Crippen molar-refractivity contribution in [3.63, 3.8) is 0 Å². The van der Waals surface area contributed by atoms with Crippen LogP contribution in [-0.2, 0) is 4.79 Å². The molecule has 2 bridgehead atoms. The van der Waals surface area contributed by atoms with Crippen LogP contribution in [0.1, 0.15) is 31.0 Å². The zero-order chi connectivity index (χ0) is 18.8. The highest BCUT2D eigenvalue weighted by Gasteiger charge is 2.53. The van der Waals surface area contributed by atoms with Crippen LogP contribution in [0.4, 0.5) is 0 Å². The van der Waals surface area contributed by atoms with Crippen LogP contribution >= 0.6 is 11.3 Å². The number of carbonyl (C=O) groups is 1. The van der Waals surface area contributed by atoms with Gasteiger partial charge in [0.15, 0.2) is 4.80 Å². The summed E-state index contributed by atoms with van der Waals surface area (Å²) in [5.74, 6) is 0.0502. The minimum atomic E-state index is -1.03. The summed E-state index contributed by atoms with van der Waals surface area (Å²) in [7, 11) is 0. The minimum absolute atomic E-state index is 0.0510. The van der Waals surface area contributed by atoms with Crippen LogP contribution in [-0.4, -0.2) is 16.1 Å². The van der Waals surface area contributed by atoms with Gasteiger partial charge in [-0.05, 0) is 32.1 Å². The van der Waals surface area contributed by atoms with Gasteiger partial charge in [-0.3, -0.25) is 14.2 Å². The molecule has 0 saturated carbocycles. The Hall–Kier alpha value is -2.93. The van der Waals surface area contributed by atoms with Crippen LogP contribution in [0.2, 0.25) is 0 Å². The Kier molecular flexibility index (Phi) is 3.33. The maximum absolute atomic E-state index is 13.2. The highest BCUT2D eigenvalue weighted by molar-refractivity contribution is 7.07. The monoisotopic (exact) mass is 380 g/mol. The molecule has 0 unspecified atom stereocenters. The summed E-state index contributed by atoms with van der Waals surface area (Å²) < 4.78 is 13.4. The number of carbonyl (C=O) groups excluding carboxylic acids is 1. The van der Waals surface area contributed by atoms with E-state index in [1.165, 1.54) is 18.3 Å². The second-order valence-electron chi connectivity index (χ2n) is 6.96. The van der Waals surface area contributed by atoms with Gasteiger partial charge in [-0.25, -0.2) is 4.99 Å². The van der Waals surface area contributed by atoms with Gasteiger partial charge in [0.05, 0.1) is 23.1 Å². The van der Waals surface area contributed by atoms with E-state index in [-0.39, 0.29) is 11.3 Å². The lowest BCUT2D eigenvalue weighted by molar-refractivity contribution is -0.132. The van der Waals surface area contributed by atoms with Crippen molar-refractivity contribution in [2.45, 2.75) is 25.6 Å². The number of hydrogen-bond donors (Lipinski definition) is 0.